The van der Waals surface area contributed by atoms with Gasteiger partial charge in [-0.2, -0.15) is 13.2 Å². The molecule has 7 heteroatoms. The van der Waals surface area contributed by atoms with Crippen molar-refractivity contribution in [2.75, 3.05) is 25.6 Å². The molecule has 1 aromatic rings. The molecule has 0 spiro atoms. The van der Waals surface area contributed by atoms with Crippen LogP contribution in [0.15, 0.2) is 18.2 Å². The van der Waals surface area contributed by atoms with E-state index in [-0.39, 0.29) is 5.69 Å². The van der Waals surface area contributed by atoms with Crippen LogP contribution in [0.3, 0.4) is 0 Å². The highest BCUT2D eigenvalue weighted by Crippen LogP contribution is 2.33. The zero-order valence-corrected chi connectivity index (χ0v) is 10.3. The quantitative estimate of drug-likeness (QED) is 0.785. The molecular weight excluding hydrogens is 263 g/mol. The van der Waals surface area contributed by atoms with Gasteiger partial charge in [-0.3, -0.25) is 0 Å². The summed E-state index contributed by atoms with van der Waals surface area (Å²) in [7, 11) is 1.53. The number of carboxylic acids is 1. The Balaban J connectivity index is 2.90. The topological polar surface area (TPSA) is 58.6 Å². The second-order valence-electron chi connectivity index (χ2n) is 3.84. The molecule has 0 unspecified atom stereocenters. The van der Waals surface area contributed by atoms with Crippen LogP contribution in [0, 0.1) is 0 Å². The van der Waals surface area contributed by atoms with Gasteiger partial charge in [0.2, 0.25) is 0 Å². The zero-order valence-electron chi connectivity index (χ0n) is 10.3. The maximum absolute atomic E-state index is 12.7. The molecule has 0 aliphatic heterocycles. The van der Waals surface area contributed by atoms with Crippen molar-refractivity contribution in [1.82, 2.24) is 0 Å². The number of nitrogens with one attached hydrogen (secondary N) is 1. The number of carbonyl (C=O) groups is 1. The van der Waals surface area contributed by atoms with E-state index in [0.29, 0.717) is 19.6 Å². The maximum atomic E-state index is 12.7. The van der Waals surface area contributed by atoms with Crippen LogP contribution in [0.5, 0.6) is 0 Å². The number of ether oxygens (including phenoxy) is 1. The number of halogens is 3. The molecule has 1 rings (SSSR count). The Labute approximate surface area is 108 Å². The van der Waals surface area contributed by atoms with E-state index in [2.05, 4.69) is 5.32 Å². The average Bonchev–Trinajstić information content (AvgIpc) is 2.33. The van der Waals surface area contributed by atoms with Crippen molar-refractivity contribution < 1.29 is 27.8 Å². The smallest absolute Gasteiger partial charge is 0.417 e. The Kier molecular flexibility index (Phi) is 5.17. The molecule has 19 heavy (non-hydrogen) atoms. The van der Waals surface area contributed by atoms with E-state index in [9.17, 15) is 18.0 Å². The van der Waals surface area contributed by atoms with Crippen LogP contribution in [-0.2, 0) is 10.9 Å². The van der Waals surface area contributed by atoms with Crippen LogP contribution in [0.1, 0.15) is 22.3 Å². The van der Waals surface area contributed by atoms with E-state index in [1.54, 1.807) is 0 Å². The highest BCUT2D eigenvalue weighted by atomic mass is 19.4. The molecule has 0 aliphatic rings. The fraction of sp³-hybridized carbons (Fsp3) is 0.417. The summed E-state index contributed by atoms with van der Waals surface area (Å²) in [5, 5.41) is 11.5. The third kappa shape index (κ3) is 4.44. The highest BCUT2D eigenvalue weighted by Gasteiger charge is 2.35. The Morgan fingerprint density at radius 2 is 2.11 bits per heavy atom. The first-order valence-electron chi connectivity index (χ1n) is 5.53. The summed E-state index contributed by atoms with van der Waals surface area (Å²) in [5.74, 6) is -1.60. The van der Waals surface area contributed by atoms with Gasteiger partial charge in [0, 0.05) is 25.9 Å². The number of anilines is 1. The molecule has 0 saturated heterocycles. The first kappa shape index (κ1) is 15.3. The molecule has 0 fully saturated rings. The lowest BCUT2D eigenvalue weighted by molar-refractivity contribution is -0.138. The van der Waals surface area contributed by atoms with E-state index >= 15 is 0 Å². The second-order valence-corrected chi connectivity index (χ2v) is 3.84. The van der Waals surface area contributed by atoms with Gasteiger partial charge in [0.15, 0.2) is 0 Å². The maximum Gasteiger partial charge on any atom is 0.417 e. The molecule has 4 nitrogen and oxygen atoms in total. The van der Waals surface area contributed by atoms with Crippen molar-refractivity contribution in [2.45, 2.75) is 12.6 Å². The number of hydrogen-bond donors (Lipinski definition) is 2. The Morgan fingerprint density at radius 3 is 2.63 bits per heavy atom. The lowest BCUT2D eigenvalue weighted by Gasteiger charge is -2.13. The monoisotopic (exact) mass is 277 g/mol. The summed E-state index contributed by atoms with van der Waals surface area (Å²) in [6.45, 7) is 0.934. The van der Waals surface area contributed by atoms with Crippen molar-refractivity contribution >= 4 is 11.7 Å². The SMILES string of the molecule is COCCCNc1ccc(C(=O)O)c(C(F)(F)F)c1. The first-order chi connectivity index (χ1) is 8.86. The van der Waals surface area contributed by atoms with Crippen LogP contribution in [0.25, 0.3) is 0 Å². The van der Waals surface area contributed by atoms with Gasteiger partial charge < -0.3 is 15.2 Å². The molecule has 0 atom stereocenters. The van der Waals surface area contributed by atoms with Gasteiger partial charge in [-0.1, -0.05) is 0 Å². The molecule has 0 radical (unpaired) electrons. The predicted octanol–water partition coefficient (Wildman–Crippen LogP) is 2.85. The van der Waals surface area contributed by atoms with Crippen LogP contribution in [0.2, 0.25) is 0 Å². The van der Waals surface area contributed by atoms with E-state index in [4.69, 9.17) is 9.84 Å². The molecule has 0 amide bonds. The largest absolute Gasteiger partial charge is 0.478 e. The third-order valence-electron chi connectivity index (χ3n) is 2.41. The average molecular weight is 277 g/mol. The van der Waals surface area contributed by atoms with Crippen molar-refractivity contribution in [3.05, 3.63) is 29.3 Å². The molecule has 106 valence electrons. The first-order valence-corrected chi connectivity index (χ1v) is 5.53. The van der Waals surface area contributed by atoms with E-state index in [1.807, 2.05) is 0 Å². The van der Waals surface area contributed by atoms with Crippen LogP contribution in [0.4, 0.5) is 18.9 Å². The molecule has 0 bridgehead atoms. The molecule has 0 aliphatic carbocycles. The van der Waals surface area contributed by atoms with Gasteiger partial charge in [0.05, 0.1) is 11.1 Å². The highest BCUT2D eigenvalue weighted by molar-refractivity contribution is 5.90. The summed E-state index contributed by atoms with van der Waals surface area (Å²) in [6.07, 6.45) is -4.06. The Bertz CT molecular complexity index is 446. The summed E-state index contributed by atoms with van der Waals surface area (Å²) in [5.41, 5.74) is -1.68. The molecule has 1 aromatic carbocycles. The van der Waals surface area contributed by atoms with E-state index < -0.39 is 23.3 Å². The minimum atomic E-state index is -4.70. The van der Waals surface area contributed by atoms with Crippen molar-refractivity contribution in [1.29, 1.82) is 0 Å². The summed E-state index contributed by atoms with van der Waals surface area (Å²) in [6, 6.07) is 3.06. The standard InChI is InChI=1S/C12H14F3NO3/c1-19-6-2-5-16-8-3-4-9(11(17)18)10(7-8)12(13,14)15/h3-4,7,16H,2,5-6H2,1H3,(H,17,18). The molecule has 0 heterocycles. The zero-order chi connectivity index (χ0) is 14.5. The third-order valence-corrected chi connectivity index (χ3v) is 2.41. The van der Waals surface area contributed by atoms with Crippen molar-refractivity contribution in [2.24, 2.45) is 0 Å². The second kappa shape index (κ2) is 6.42. The fourth-order valence-electron chi connectivity index (χ4n) is 1.52. The lowest BCUT2D eigenvalue weighted by Crippen LogP contribution is -2.14. The van der Waals surface area contributed by atoms with Gasteiger partial charge in [0.1, 0.15) is 0 Å². The number of methoxy groups -OCH3 is 1. The van der Waals surface area contributed by atoms with E-state index in [1.165, 1.54) is 13.2 Å². The Morgan fingerprint density at radius 1 is 1.42 bits per heavy atom. The van der Waals surface area contributed by atoms with Gasteiger partial charge >= 0.3 is 12.1 Å². The molecule has 0 saturated carbocycles. The fourth-order valence-corrected chi connectivity index (χ4v) is 1.52. The van der Waals surface area contributed by atoms with E-state index in [0.717, 1.165) is 12.1 Å². The van der Waals surface area contributed by atoms with Gasteiger partial charge in [-0.15, -0.1) is 0 Å². The van der Waals surface area contributed by atoms with Gasteiger partial charge in [-0.25, -0.2) is 4.79 Å². The summed E-state index contributed by atoms with van der Waals surface area (Å²) in [4.78, 5) is 10.7. The number of hydrogen-bond acceptors (Lipinski definition) is 3. The number of alkyl halides is 3. The van der Waals surface area contributed by atoms with Crippen LogP contribution < -0.4 is 5.32 Å². The van der Waals surface area contributed by atoms with Crippen molar-refractivity contribution in [3.8, 4) is 0 Å². The minimum Gasteiger partial charge on any atom is -0.478 e. The molecule has 0 aromatic heterocycles. The van der Waals surface area contributed by atoms with Crippen molar-refractivity contribution in [3.63, 3.8) is 0 Å². The normalized spacial score (nSPS) is 11.4. The van der Waals surface area contributed by atoms with Gasteiger partial charge in [-0.05, 0) is 24.6 Å². The number of aromatic carboxylic acids is 1. The van der Waals surface area contributed by atoms with Crippen LogP contribution in [-0.4, -0.2) is 31.3 Å². The number of rotatable bonds is 6. The Hall–Kier alpha value is -1.76. The summed E-state index contributed by atoms with van der Waals surface area (Å²) < 4.78 is 43.0. The molecular formula is C12H14F3NO3. The number of benzene rings is 1. The number of carboxylic acid groups (broad SMARTS) is 1. The summed E-state index contributed by atoms with van der Waals surface area (Å²) >= 11 is 0. The molecule has 2 N–H and O–H groups in total. The predicted molar refractivity (Wildman–Crippen MR) is 63.4 cm³/mol. The minimum absolute atomic E-state index is 0.230. The van der Waals surface area contributed by atoms with Crippen LogP contribution >= 0.6 is 0 Å². The van der Waals surface area contributed by atoms with Gasteiger partial charge in [0.25, 0.3) is 0 Å². The lowest BCUT2D eigenvalue weighted by atomic mass is 10.1.